The number of phenolic OH excluding ortho intramolecular Hbond substituents is 2. The average molecular weight is 431 g/mol. The number of hydrogen-bond donors (Lipinski definition) is 2. The van der Waals surface area contributed by atoms with Gasteiger partial charge in [0.15, 0.2) is 11.5 Å². The molecular weight excluding hydrogens is 415 g/mol. The minimum absolute atomic E-state index is 0.0159. The lowest BCUT2D eigenvalue weighted by Crippen LogP contribution is -2.42. The van der Waals surface area contributed by atoms with Crippen LogP contribution < -0.4 is 9.64 Å². The molecule has 1 unspecified atom stereocenters. The van der Waals surface area contributed by atoms with Crippen molar-refractivity contribution in [1.29, 1.82) is 0 Å². The van der Waals surface area contributed by atoms with E-state index in [4.69, 9.17) is 9.15 Å². The molecule has 2 N–H and O–H groups in total. The van der Waals surface area contributed by atoms with E-state index in [1.54, 1.807) is 12.1 Å². The smallest absolute Gasteiger partial charge is 0.449 e. The minimum Gasteiger partial charge on any atom is -0.504 e. The Hall–Kier alpha value is -3.62. The molecule has 6 nitrogen and oxygen atoms in total. The first-order valence-corrected chi connectivity index (χ1v) is 9.40. The molecule has 1 spiro atoms. The molecule has 0 saturated heterocycles. The van der Waals surface area contributed by atoms with E-state index in [2.05, 4.69) is 0 Å². The Bertz CT molecular complexity index is 1230. The molecule has 2 aliphatic heterocycles. The van der Waals surface area contributed by atoms with E-state index in [0.29, 0.717) is 16.8 Å². The zero-order valence-corrected chi connectivity index (χ0v) is 16.2. The molecule has 0 fully saturated rings. The van der Waals surface area contributed by atoms with E-state index in [-0.39, 0.29) is 30.4 Å². The molecule has 0 bridgehead atoms. The molecule has 2 aliphatic rings. The van der Waals surface area contributed by atoms with Gasteiger partial charge < -0.3 is 24.3 Å². The molecule has 9 heteroatoms. The summed E-state index contributed by atoms with van der Waals surface area (Å²) in [5.74, 6) is -2.08. The molecule has 160 valence electrons. The average Bonchev–Trinajstić information content (AvgIpc) is 3.37. The molecule has 0 radical (unpaired) electrons. The molecule has 31 heavy (non-hydrogen) atoms. The predicted octanol–water partition coefficient (Wildman–Crippen LogP) is 4.24. The Labute approximate surface area is 174 Å². The summed E-state index contributed by atoms with van der Waals surface area (Å²) in [6.07, 6.45) is -4.62. The largest absolute Gasteiger partial charge is 0.504 e. The minimum atomic E-state index is -4.62. The molecule has 2 aromatic carbocycles. The van der Waals surface area contributed by atoms with Gasteiger partial charge in [-0.25, -0.2) is 0 Å². The van der Waals surface area contributed by atoms with Crippen LogP contribution in [0.25, 0.3) is 0 Å². The summed E-state index contributed by atoms with van der Waals surface area (Å²) in [5.41, 5.74) is 1.06. The van der Waals surface area contributed by atoms with Gasteiger partial charge in [-0.2, -0.15) is 13.2 Å². The topological polar surface area (TPSA) is 83.1 Å². The summed E-state index contributed by atoms with van der Waals surface area (Å²) < 4.78 is 49.4. The van der Waals surface area contributed by atoms with Crippen molar-refractivity contribution in [2.24, 2.45) is 0 Å². The number of carbonyl (C=O) groups is 1. The molecule has 0 aliphatic carbocycles. The first-order valence-electron chi connectivity index (χ1n) is 9.40. The lowest BCUT2D eigenvalue weighted by molar-refractivity contribution is -0.153. The van der Waals surface area contributed by atoms with Crippen molar-refractivity contribution < 1.29 is 37.3 Å². The van der Waals surface area contributed by atoms with Gasteiger partial charge in [-0.15, -0.1) is 0 Å². The van der Waals surface area contributed by atoms with Crippen LogP contribution in [0.15, 0.2) is 46.9 Å². The number of halogens is 3. The molecular formula is C22H16F3NO5. The van der Waals surface area contributed by atoms with E-state index in [9.17, 15) is 28.2 Å². The summed E-state index contributed by atoms with van der Waals surface area (Å²) >= 11 is 0. The van der Waals surface area contributed by atoms with Crippen molar-refractivity contribution in [2.75, 3.05) is 11.5 Å². The number of rotatable bonds is 2. The molecule has 1 aromatic heterocycles. The summed E-state index contributed by atoms with van der Waals surface area (Å²) in [7, 11) is 0. The maximum atomic E-state index is 13.7. The lowest BCUT2D eigenvalue weighted by Gasteiger charge is -2.23. The summed E-state index contributed by atoms with van der Waals surface area (Å²) in [6.45, 7) is 1.56. The van der Waals surface area contributed by atoms with Crippen molar-refractivity contribution >= 4 is 11.6 Å². The number of furan rings is 1. The Kier molecular flexibility index (Phi) is 3.87. The van der Waals surface area contributed by atoms with Crippen LogP contribution in [-0.2, 0) is 22.9 Å². The zero-order chi connectivity index (χ0) is 22.1. The second kappa shape index (κ2) is 6.19. The van der Waals surface area contributed by atoms with Gasteiger partial charge in [0.25, 0.3) is 0 Å². The standard InChI is InChI=1S/C22H16F3NO5/c1-11-3-2-4-14-19(11)21(10-30-17-8-16(28)15(27)7-13(17)21)20(29)26(14)9-12-5-6-18(31-12)22(23,24)25/h2-8,27-28H,9-10H2,1H3. The van der Waals surface area contributed by atoms with Gasteiger partial charge in [0.2, 0.25) is 11.7 Å². The molecule has 0 saturated carbocycles. The van der Waals surface area contributed by atoms with Gasteiger partial charge >= 0.3 is 6.18 Å². The van der Waals surface area contributed by atoms with Crippen molar-refractivity contribution in [2.45, 2.75) is 25.1 Å². The van der Waals surface area contributed by atoms with Crippen LogP contribution in [0, 0.1) is 6.92 Å². The zero-order valence-electron chi connectivity index (χ0n) is 16.2. The maximum absolute atomic E-state index is 13.7. The van der Waals surface area contributed by atoms with Gasteiger partial charge in [-0.3, -0.25) is 4.79 Å². The number of nitrogens with zero attached hydrogens (tertiary/aromatic N) is 1. The third-order valence-electron chi connectivity index (χ3n) is 5.81. The van der Waals surface area contributed by atoms with Gasteiger partial charge in [0.1, 0.15) is 23.5 Å². The summed E-state index contributed by atoms with van der Waals surface area (Å²) in [6, 6.07) is 9.85. The summed E-state index contributed by atoms with van der Waals surface area (Å²) in [4.78, 5) is 15.1. The van der Waals surface area contributed by atoms with Gasteiger partial charge in [0, 0.05) is 22.9 Å². The fraction of sp³-hybridized carbons (Fsp3) is 0.227. The molecule has 5 rings (SSSR count). The van der Waals surface area contributed by atoms with E-state index in [1.165, 1.54) is 23.1 Å². The highest BCUT2D eigenvalue weighted by Crippen LogP contribution is 2.55. The number of fused-ring (bicyclic) bond motifs is 4. The Morgan fingerprint density at radius 2 is 1.87 bits per heavy atom. The van der Waals surface area contributed by atoms with E-state index in [1.807, 2.05) is 13.0 Å². The number of carbonyl (C=O) groups excluding carboxylic acids is 1. The first kappa shape index (κ1) is 19.3. The van der Waals surface area contributed by atoms with Crippen molar-refractivity contribution in [3.8, 4) is 17.2 Å². The number of phenols is 2. The molecule has 3 heterocycles. The lowest BCUT2D eigenvalue weighted by atomic mass is 9.75. The highest BCUT2D eigenvalue weighted by molar-refractivity contribution is 6.12. The van der Waals surface area contributed by atoms with Crippen LogP contribution in [0.4, 0.5) is 18.9 Å². The second-order valence-electron chi connectivity index (χ2n) is 7.66. The number of ether oxygens (including phenoxy) is 1. The number of amides is 1. The normalized spacial score (nSPS) is 19.6. The molecule has 1 amide bonds. The van der Waals surface area contributed by atoms with Crippen LogP contribution in [0.5, 0.6) is 17.2 Å². The number of benzene rings is 2. The van der Waals surface area contributed by atoms with Crippen molar-refractivity contribution in [1.82, 2.24) is 0 Å². The molecule has 3 aromatic rings. The summed E-state index contributed by atoms with van der Waals surface area (Å²) in [5, 5.41) is 19.9. The fourth-order valence-corrected chi connectivity index (χ4v) is 4.47. The highest BCUT2D eigenvalue weighted by atomic mass is 19.4. The fourth-order valence-electron chi connectivity index (χ4n) is 4.47. The van der Waals surface area contributed by atoms with Gasteiger partial charge in [0.05, 0.1) is 6.54 Å². The Morgan fingerprint density at radius 3 is 2.58 bits per heavy atom. The first-order chi connectivity index (χ1) is 14.6. The number of alkyl halides is 3. The van der Waals surface area contributed by atoms with Gasteiger partial charge in [-0.1, -0.05) is 12.1 Å². The van der Waals surface area contributed by atoms with E-state index < -0.39 is 29.0 Å². The van der Waals surface area contributed by atoms with E-state index in [0.717, 1.165) is 11.6 Å². The van der Waals surface area contributed by atoms with Crippen LogP contribution in [-0.4, -0.2) is 22.7 Å². The SMILES string of the molecule is Cc1cccc2c1C1(COc3cc(O)c(O)cc31)C(=O)N2Cc1ccc(C(F)(F)F)o1. The Balaban J connectivity index is 1.64. The van der Waals surface area contributed by atoms with Crippen LogP contribution in [0.3, 0.4) is 0 Å². The number of aromatic hydroxyl groups is 2. The monoisotopic (exact) mass is 431 g/mol. The Morgan fingerprint density at radius 1 is 1.13 bits per heavy atom. The number of hydrogen-bond acceptors (Lipinski definition) is 5. The number of anilines is 1. The highest BCUT2D eigenvalue weighted by Gasteiger charge is 2.58. The third kappa shape index (κ3) is 2.62. The third-order valence-corrected chi connectivity index (χ3v) is 5.81. The van der Waals surface area contributed by atoms with Crippen LogP contribution in [0.2, 0.25) is 0 Å². The molecule has 1 atom stereocenters. The van der Waals surface area contributed by atoms with Gasteiger partial charge in [-0.05, 0) is 36.8 Å². The maximum Gasteiger partial charge on any atom is 0.449 e. The number of aryl methyl sites for hydroxylation is 1. The predicted molar refractivity (Wildman–Crippen MR) is 102 cm³/mol. The van der Waals surface area contributed by atoms with E-state index >= 15 is 0 Å². The van der Waals surface area contributed by atoms with Crippen molar-refractivity contribution in [3.63, 3.8) is 0 Å². The quantitative estimate of drug-likeness (QED) is 0.593. The van der Waals surface area contributed by atoms with Crippen LogP contribution >= 0.6 is 0 Å². The van der Waals surface area contributed by atoms with Crippen molar-refractivity contribution in [3.05, 3.63) is 70.7 Å². The second-order valence-corrected chi connectivity index (χ2v) is 7.66. The van der Waals surface area contributed by atoms with Crippen LogP contribution in [0.1, 0.15) is 28.2 Å².